The molecule has 1 heteroatoms. The Morgan fingerprint density at radius 3 is 2.43 bits per heavy atom. The van der Waals surface area contributed by atoms with E-state index in [9.17, 15) is 0 Å². The number of rotatable bonds is 8. The van der Waals surface area contributed by atoms with Gasteiger partial charge in [-0.25, -0.2) is 0 Å². The number of aliphatic imine (C=N–C) groups is 1. The highest BCUT2D eigenvalue weighted by Crippen LogP contribution is 2.25. The number of unbranched alkanes of at least 4 members (excludes halogenated alkanes) is 1. The van der Waals surface area contributed by atoms with E-state index in [4.69, 9.17) is 0 Å². The fourth-order valence-electron chi connectivity index (χ4n) is 2.06. The summed E-state index contributed by atoms with van der Waals surface area (Å²) in [6, 6.07) is 0. The van der Waals surface area contributed by atoms with E-state index >= 15 is 0 Å². The van der Waals surface area contributed by atoms with E-state index in [2.05, 4.69) is 25.8 Å². The molecule has 84 valence electrons. The maximum absolute atomic E-state index is 4.03. The molecule has 0 heterocycles. The molecule has 0 saturated heterocycles. The van der Waals surface area contributed by atoms with Gasteiger partial charge < -0.3 is 4.99 Å². The smallest absolute Gasteiger partial charge is 0.0273 e. The van der Waals surface area contributed by atoms with Crippen LogP contribution in [0.15, 0.2) is 4.99 Å². The van der Waals surface area contributed by atoms with Crippen molar-refractivity contribution in [1.82, 2.24) is 0 Å². The summed E-state index contributed by atoms with van der Waals surface area (Å²) in [7, 11) is 1.86. The van der Waals surface area contributed by atoms with Crippen molar-refractivity contribution in [3.63, 3.8) is 0 Å². The molecule has 0 aliphatic carbocycles. The first-order chi connectivity index (χ1) is 6.76. The summed E-state index contributed by atoms with van der Waals surface area (Å²) in [5.41, 5.74) is 0. The number of nitrogens with zero attached hydrogens (tertiary/aromatic N) is 1. The van der Waals surface area contributed by atoms with Gasteiger partial charge in [-0.3, -0.25) is 0 Å². The Hall–Kier alpha value is -0.330. The third-order valence-electron chi connectivity index (χ3n) is 3.19. The Morgan fingerprint density at radius 2 is 1.93 bits per heavy atom. The van der Waals surface area contributed by atoms with Crippen LogP contribution in [0.25, 0.3) is 0 Å². The molecule has 0 aromatic rings. The predicted molar refractivity (Wildman–Crippen MR) is 66.1 cm³/mol. The lowest BCUT2D eigenvalue weighted by Crippen LogP contribution is -2.11. The van der Waals surface area contributed by atoms with Crippen LogP contribution in [0.2, 0.25) is 0 Å². The summed E-state index contributed by atoms with van der Waals surface area (Å²) >= 11 is 0. The molecule has 2 atom stereocenters. The monoisotopic (exact) mass is 197 g/mol. The van der Waals surface area contributed by atoms with Crippen LogP contribution >= 0.6 is 0 Å². The summed E-state index contributed by atoms with van der Waals surface area (Å²) in [5.74, 6) is 1.80. The van der Waals surface area contributed by atoms with E-state index in [1.807, 2.05) is 13.3 Å². The van der Waals surface area contributed by atoms with Crippen molar-refractivity contribution < 1.29 is 0 Å². The fourth-order valence-corrected chi connectivity index (χ4v) is 2.06. The van der Waals surface area contributed by atoms with Gasteiger partial charge in [-0.15, -0.1) is 0 Å². The quantitative estimate of drug-likeness (QED) is 0.514. The zero-order valence-electron chi connectivity index (χ0n) is 10.4. The highest BCUT2D eigenvalue weighted by molar-refractivity contribution is 5.56. The van der Waals surface area contributed by atoms with E-state index in [-0.39, 0.29) is 0 Å². The van der Waals surface area contributed by atoms with Gasteiger partial charge >= 0.3 is 0 Å². The van der Waals surface area contributed by atoms with Gasteiger partial charge in [-0.1, -0.05) is 46.5 Å². The summed E-state index contributed by atoms with van der Waals surface area (Å²) in [5, 5.41) is 0. The van der Waals surface area contributed by atoms with E-state index < -0.39 is 0 Å². The first kappa shape index (κ1) is 13.7. The summed E-state index contributed by atoms with van der Waals surface area (Å²) in [6.45, 7) is 7.00. The first-order valence-electron chi connectivity index (χ1n) is 6.16. The fraction of sp³-hybridized carbons (Fsp3) is 0.923. The highest BCUT2D eigenvalue weighted by atomic mass is 14.6. The second kappa shape index (κ2) is 9.23. The molecular formula is C13H27N. The van der Waals surface area contributed by atoms with E-state index in [0.29, 0.717) is 0 Å². The molecule has 0 aliphatic heterocycles. The van der Waals surface area contributed by atoms with Gasteiger partial charge in [0.1, 0.15) is 0 Å². The minimum Gasteiger partial charge on any atom is -0.301 e. The van der Waals surface area contributed by atoms with Gasteiger partial charge in [0.2, 0.25) is 0 Å². The molecule has 0 N–H and O–H groups in total. The largest absolute Gasteiger partial charge is 0.301 e. The minimum atomic E-state index is 0.865. The molecular weight excluding hydrogens is 170 g/mol. The molecule has 0 radical (unpaired) electrons. The Labute approximate surface area is 90.0 Å². The second-order valence-corrected chi connectivity index (χ2v) is 4.31. The molecule has 14 heavy (non-hydrogen) atoms. The molecule has 1 nitrogen and oxygen atoms in total. The van der Waals surface area contributed by atoms with Crippen LogP contribution in [-0.4, -0.2) is 13.3 Å². The van der Waals surface area contributed by atoms with Gasteiger partial charge in [0.25, 0.3) is 0 Å². The van der Waals surface area contributed by atoms with Crippen LogP contribution < -0.4 is 0 Å². The number of hydrogen-bond acceptors (Lipinski definition) is 1. The van der Waals surface area contributed by atoms with E-state index in [1.165, 1.54) is 32.1 Å². The Balaban J connectivity index is 3.72. The average molecular weight is 197 g/mol. The van der Waals surface area contributed by atoms with Crippen LogP contribution in [-0.2, 0) is 0 Å². The van der Waals surface area contributed by atoms with E-state index in [1.54, 1.807) is 0 Å². The standard InChI is InChI=1S/C13H27N/c1-5-7-10-13(6-2)12(3)9-8-11-14-4/h11-13H,5-10H2,1-4H3/t12-,13+/m0/s1. The topological polar surface area (TPSA) is 12.4 Å². The van der Waals surface area contributed by atoms with Crippen LogP contribution in [0.5, 0.6) is 0 Å². The molecule has 0 amide bonds. The lowest BCUT2D eigenvalue weighted by atomic mass is 9.84. The average Bonchev–Trinajstić information content (AvgIpc) is 2.19. The van der Waals surface area contributed by atoms with Gasteiger partial charge in [-0.2, -0.15) is 0 Å². The molecule has 0 saturated carbocycles. The van der Waals surface area contributed by atoms with Crippen molar-refractivity contribution in [3.05, 3.63) is 0 Å². The van der Waals surface area contributed by atoms with Crippen molar-refractivity contribution in [2.75, 3.05) is 7.05 Å². The van der Waals surface area contributed by atoms with Gasteiger partial charge in [0.15, 0.2) is 0 Å². The predicted octanol–water partition coefficient (Wildman–Crippen LogP) is 4.32. The second-order valence-electron chi connectivity index (χ2n) is 4.31. The first-order valence-corrected chi connectivity index (χ1v) is 6.16. The minimum absolute atomic E-state index is 0.865. The van der Waals surface area contributed by atoms with Crippen molar-refractivity contribution in [2.45, 2.75) is 59.3 Å². The third-order valence-corrected chi connectivity index (χ3v) is 3.19. The summed E-state index contributed by atoms with van der Waals surface area (Å²) in [4.78, 5) is 4.03. The summed E-state index contributed by atoms with van der Waals surface area (Å²) in [6.07, 6.45) is 9.98. The summed E-state index contributed by atoms with van der Waals surface area (Å²) < 4.78 is 0. The third kappa shape index (κ3) is 6.17. The van der Waals surface area contributed by atoms with Gasteiger partial charge in [0.05, 0.1) is 0 Å². The van der Waals surface area contributed by atoms with Crippen molar-refractivity contribution in [3.8, 4) is 0 Å². The van der Waals surface area contributed by atoms with E-state index in [0.717, 1.165) is 18.3 Å². The highest BCUT2D eigenvalue weighted by Gasteiger charge is 2.13. The normalized spacial score (nSPS) is 16.0. The van der Waals surface area contributed by atoms with Crippen molar-refractivity contribution in [2.24, 2.45) is 16.8 Å². The maximum Gasteiger partial charge on any atom is 0.0273 e. The SMILES string of the molecule is CCCC[C@@H](CC)[C@@H](C)CCC=NC. The van der Waals surface area contributed by atoms with Gasteiger partial charge in [-0.05, 0) is 30.9 Å². The van der Waals surface area contributed by atoms with Crippen LogP contribution in [0.1, 0.15) is 59.3 Å². The van der Waals surface area contributed by atoms with Crippen LogP contribution in [0, 0.1) is 11.8 Å². The van der Waals surface area contributed by atoms with Gasteiger partial charge in [0, 0.05) is 7.05 Å². The van der Waals surface area contributed by atoms with Crippen LogP contribution in [0.4, 0.5) is 0 Å². The zero-order chi connectivity index (χ0) is 10.8. The molecule has 0 rings (SSSR count). The molecule has 0 spiro atoms. The number of hydrogen-bond donors (Lipinski definition) is 0. The lowest BCUT2D eigenvalue weighted by molar-refractivity contribution is 0.306. The maximum atomic E-state index is 4.03. The molecule has 0 aromatic heterocycles. The Morgan fingerprint density at radius 1 is 1.21 bits per heavy atom. The lowest BCUT2D eigenvalue weighted by Gasteiger charge is -2.21. The molecule has 0 aliphatic rings. The molecule has 0 bridgehead atoms. The zero-order valence-corrected chi connectivity index (χ0v) is 10.4. The Bertz CT molecular complexity index is 140. The Kier molecular flexibility index (Phi) is 9.02. The molecule has 0 aromatic carbocycles. The van der Waals surface area contributed by atoms with Crippen LogP contribution in [0.3, 0.4) is 0 Å². The van der Waals surface area contributed by atoms with Crippen molar-refractivity contribution >= 4 is 6.21 Å². The molecule has 0 fully saturated rings. The molecule has 0 unspecified atom stereocenters. The van der Waals surface area contributed by atoms with Crippen molar-refractivity contribution in [1.29, 1.82) is 0 Å².